The van der Waals surface area contributed by atoms with E-state index in [1.165, 1.54) is 13.0 Å². The lowest BCUT2D eigenvalue weighted by atomic mass is 10.2. The van der Waals surface area contributed by atoms with E-state index >= 15 is 0 Å². The van der Waals surface area contributed by atoms with Crippen LogP contribution in [-0.4, -0.2) is 5.51 Å². The van der Waals surface area contributed by atoms with E-state index in [1.54, 1.807) is 0 Å². The van der Waals surface area contributed by atoms with E-state index in [9.17, 15) is 18.0 Å². The lowest BCUT2D eigenvalue weighted by Gasteiger charge is -2.12. The van der Waals surface area contributed by atoms with Crippen molar-refractivity contribution in [2.24, 2.45) is 0 Å². The molecule has 0 saturated heterocycles. The Bertz CT molecular complexity index is 705. The molecule has 2 rings (SSSR count). The summed E-state index contributed by atoms with van der Waals surface area (Å²) in [7, 11) is 0. The number of thioether (sulfide) groups is 1. The maximum Gasteiger partial charge on any atom is 0.446 e. The Morgan fingerprint density at radius 2 is 1.82 bits per heavy atom. The van der Waals surface area contributed by atoms with E-state index in [0.29, 0.717) is 0 Å². The third kappa shape index (κ3) is 4.56. The molecule has 0 bridgehead atoms. The lowest BCUT2D eigenvalue weighted by molar-refractivity contribution is -0.0330. The maximum absolute atomic E-state index is 12.5. The van der Waals surface area contributed by atoms with Crippen LogP contribution in [0.15, 0.2) is 44.4 Å². The molecule has 7 heteroatoms. The number of aryl methyl sites for hydroxylation is 2. The van der Waals surface area contributed by atoms with Crippen molar-refractivity contribution in [1.82, 2.24) is 0 Å². The van der Waals surface area contributed by atoms with Crippen LogP contribution in [0.4, 0.5) is 13.2 Å². The molecule has 0 amide bonds. The highest BCUT2D eigenvalue weighted by atomic mass is 32.2. The Labute approximate surface area is 129 Å². The number of ether oxygens (including phenoxy) is 1. The summed E-state index contributed by atoms with van der Waals surface area (Å²) in [5, 5.41) is 0. The Hall–Kier alpha value is -1.89. The molecule has 0 N–H and O–H groups in total. The number of alkyl halides is 3. The van der Waals surface area contributed by atoms with Gasteiger partial charge in [0.25, 0.3) is 0 Å². The normalized spacial score (nSPS) is 11.5. The zero-order chi connectivity index (χ0) is 16.3. The Morgan fingerprint density at radius 3 is 2.41 bits per heavy atom. The summed E-state index contributed by atoms with van der Waals surface area (Å²) < 4.78 is 47.7. The number of halogens is 3. The summed E-state index contributed by atoms with van der Waals surface area (Å²) in [5.41, 5.74) is -3.79. The molecule has 0 fully saturated rings. The van der Waals surface area contributed by atoms with Gasteiger partial charge in [-0.3, -0.25) is 0 Å². The fraction of sp³-hybridized carbons (Fsp3) is 0.267. The standard InChI is InChI=1S/C15H13F3O3S/c1-9-3-5-11(6-4-9)8-20-12-7-10(2)21-14(19)13(12)22-15(16,17)18/h3-7H,8H2,1-2H3. The molecule has 0 saturated carbocycles. The molecule has 3 nitrogen and oxygen atoms in total. The molecule has 1 aromatic heterocycles. The van der Waals surface area contributed by atoms with Crippen LogP contribution in [0.1, 0.15) is 16.9 Å². The Kier molecular flexibility index (Phi) is 4.85. The molecule has 1 heterocycles. The average Bonchev–Trinajstić information content (AvgIpc) is 2.40. The van der Waals surface area contributed by atoms with E-state index in [2.05, 4.69) is 0 Å². The molecule has 0 atom stereocenters. The second-order valence-corrected chi connectivity index (χ2v) is 5.74. The number of benzene rings is 1. The number of hydrogen-bond acceptors (Lipinski definition) is 4. The van der Waals surface area contributed by atoms with E-state index in [1.807, 2.05) is 31.2 Å². The maximum atomic E-state index is 12.5. The van der Waals surface area contributed by atoms with Crippen LogP contribution in [0.5, 0.6) is 5.75 Å². The molecular formula is C15H13F3O3S. The Balaban J connectivity index is 2.25. The second kappa shape index (κ2) is 6.48. The van der Waals surface area contributed by atoms with Gasteiger partial charge >= 0.3 is 11.1 Å². The molecule has 22 heavy (non-hydrogen) atoms. The third-order valence-electron chi connectivity index (χ3n) is 2.73. The largest absolute Gasteiger partial charge is 0.487 e. The van der Waals surface area contributed by atoms with Crippen molar-refractivity contribution in [3.63, 3.8) is 0 Å². The fourth-order valence-corrected chi connectivity index (χ4v) is 2.31. The highest BCUT2D eigenvalue weighted by molar-refractivity contribution is 8.00. The molecular weight excluding hydrogens is 317 g/mol. The van der Waals surface area contributed by atoms with Crippen LogP contribution >= 0.6 is 11.8 Å². The predicted molar refractivity (Wildman–Crippen MR) is 77.1 cm³/mol. The first-order chi connectivity index (χ1) is 10.2. The highest BCUT2D eigenvalue weighted by Gasteiger charge is 2.33. The van der Waals surface area contributed by atoms with Gasteiger partial charge in [-0.1, -0.05) is 29.8 Å². The zero-order valence-corrected chi connectivity index (χ0v) is 12.7. The monoisotopic (exact) mass is 330 g/mol. The molecule has 0 aliphatic rings. The van der Waals surface area contributed by atoms with E-state index in [4.69, 9.17) is 9.15 Å². The van der Waals surface area contributed by atoms with E-state index in [-0.39, 0.29) is 18.1 Å². The molecule has 0 aliphatic heterocycles. The third-order valence-corrected chi connectivity index (χ3v) is 3.53. The van der Waals surface area contributed by atoms with Gasteiger partial charge < -0.3 is 9.15 Å². The minimum Gasteiger partial charge on any atom is -0.487 e. The number of hydrogen-bond donors (Lipinski definition) is 0. The fourth-order valence-electron chi connectivity index (χ4n) is 1.73. The summed E-state index contributed by atoms with van der Waals surface area (Å²) >= 11 is -0.531. The van der Waals surface area contributed by atoms with Gasteiger partial charge in [-0.15, -0.1) is 0 Å². The predicted octanol–water partition coefficient (Wildman–Crippen LogP) is 4.45. The molecule has 0 aliphatic carbocycles. The lowest BCUT2D eigenvalue weighted by Crippen LogP contribution is -2.11. The molecule has 0 unspecified atom stereocenters. The summed E-state index contributed by atoms with van der Waals surface area (Å²) in [5.74, 6) is 0.0621. The van der Waals surface area contributed by atoms with Gasteiger partial charge in [-0.05, 0) is 31.2 Å². The van der Waals surface area contributed by atoms with Crippen LogP contribution in [-0.2, 0) is 6.61 Å². The first-order valence-corrected chi connectivity index (χ1v) is 7.15. The van der Waals surface area contributed by atoms with Crippen LogP contribution in [0.2, 0.25) is 0 Å². The minimum atomic E-state index is -4.59. The minimum absolute atomic E-state index is 0.0641. The van der Waals surface area contributed by atoms with Crippen molar-refractivity contribution in [1.29, 1.82) is 0 Å². The highest BCUT2D eigenvalue weighted by Crippen LogP contribution is 2.39. The number of rotatable bonds is 4. The van der Waals surface area contributed by atoms with Crippen LogP contribution in [0, 0.1) is 13.8 Å². The van der Waals surface area contributed by atoms with Crippen LogP contribution in [0.3, 0.4) is 0 Å². The zero-order valence-electron chi connectivity index (χ0n) is 11.9. The van der Waals surface area contributed by atoms with Crippen molar-refractivity contribution in [3.05, 3.63) is 57.6 Å². The molecule has 0 radical (unpaired) electrons. The van der Waals surface area contributed by atoms with E-state index < -0.39 is 27.8 Å². The smallest absolute Gasteiger partial charge is 0.446 e. The summed E-state index contributed by atoms with van der Waals surface area (Å²) in [4.78, 5) is 11.0. The van der Waals surface area contributed by atoms with Gasteiger partial charge in [0.05, 0.1) is 0 Å². The first-order valence-electron chi connectivity index (χ1n) is 6.33. The molecule has 0 spiro atoms. The van der Waals surface area contributed by atoms with Gasteiger partial charge in [-0.25, -0.2) is 4.79 Å². The van der Waals surface area contributed by atoms with Crippen LogP contribution < -0.4 is 10.4 Å². The van der Waals surface area contributed by atoms with E-state index in [0.717, 1.165) is 11.1 Å². The van der Waals surface area contributed by atoms with Gasteiger partial charge in [0.1, 0.15) is 23.0 Å². The van der Waals surface area contributed by atoms with Gasteiger partial charge in [0.15, 0.2) is 0 Å². The Morgan fingerprint density at radius 1 is 1.18 bits per heavy atom. The average molecular weight is 330 g/mol. The van der Waals surface area contributed by atoms with Crippen molar-refractivity contribution >= 4 is 11.8 Å². The van der Waals surface area contributed by atoms with Gasteiger partial charge in [0.2, 0.25) is 0 Å². The quantitative estimate of drug-likeness (QED) is 0.777. The topological polar surface area (TPSA) is 39.4 Å². The van der Waals surface area contributed by atoms with Crippen molar-refractivity contribution in [2.75, 3.05) is 0 Å². The van der Waals surface area contributed by atoms with Gasteiger partial charge in [0, 0.05) is 6.07 Å². The second-order valence-electron chi connectivity index (χ2n) is 4.66. The molecule has 118 valence electrons. The molecule has 1 aromatic carbocycles. The summed E-state index contributed by atoms with van der Waals surface area (Å²) in [6.45, 7) is 3.46. The molecule has 2 aromatic rings. The van der Waals surface area contributed by atoms with Crippen molar-refractivity contribution < 1.29 is 22.3 Å². The van der Waals surface area contributed by atoms with Gasteiger partial charge in [-0.2, -0.15) is 13.2 Å². The summed E-state index contributed by atoms with van der Waals surface area (Å²) in [6, 6.07) is 8.64. The van der Waals surface area contributed by atoms with Crippen LogP contribution in [0.25, 0.3) is 0 Å². The SMILES string of the molecule is Cc1ccc(COc2cc(C)oc(=O)c2SC(F)(F)F)cc1. The summed E-state index contributed by atoms with van der Waals surface area (Å²) in [6.07, 6.45) is 0. The van der Waals surface area contributed by atoms with Crippen molar-refractivity contribution in [3.8, 4) is 5.75 Å². The first kappa shape index (κ1) is 16.5. The van der Waals surface area contributed by atoms with Crippen molar-refractivity contribution in [2.45, 2.75) is 30.9 Å².